The molecule has 0 unspecified atom stereocenters. The van der Waals surface area contributed by atoms with Crippen molar-refractivity contribution in [3.8, 4) is 5.75 Å². The molecule has 0 bridgehead atoms. The van der Waals surface area contributed by atoms with Gasteiger partial charge in [-0.3, -0.25) is 9.59 Å². The zero-order valence-corrected chi connectivity index (χ0v) is 17.0. The lowest BCUT2D eigenvalue weighted by atomic mass is 10.0. The summed E-state index contributed by atoms with van der Waals surface area (Å²) in [6.07, 6.45) is 1.45. The van der Waals surface area contributed by atoms with Gasteiger partial charge in [-0.1, -0.05) is 23.7 Å². The number of likely N-dealkylation sites (tertiary alicyclic amines) is 1. The van der Waals surface area contributed by atoms with Gasteiger partial charge in [0.1, 0.15) is 5.75 Å². The highest BCUT2D eigenvalue weighted by atomic mass is 35.5. The number of rotatable bonds is 5. The van der Waals surface area contributed by atoms with Crippen LogP contribution in [0.15, 0.2) is 42.5 Å². The number of hydrogen-bond donors (Lipinski definition) is 1. The molecule has 3 rings (SSSR count). The Labute approximate surface area is 170 Å². The highest BCUT2D eigenvalue weighted by Crippen LogP contribution is 2.17. The minimum Gasteiger partial charge on any atom is -0.484 e. The molecule has 1 heterocycles. The van der Waals surface area contributed by atoms with Crippen LogP contribution in [0.25, 0.3) is 0 Å². The van der Waals surface area contributed by atoms with Gasteiger partial charge < -0.3 is 15.0 Å². The molecule has 1 N–H and O–H groups in total. The second-order valence-corrected chi connectivity index (χ2v) is 7.61. The molecule has 0 radical (unpaired) electrons. The van der Waals surface area contributed by atoms with Gasteiger partial charge in [0.05, 0.1) is 0 Å². The Bertz CT molecular complexity index is 861. The smallest absolute Gasteiger partial charge is 0.260 e. The van der Waals surface area contributed by atoms with E-state index in [1.165, 1.54) is 5.56 Å². The minimum atomic E-state index is -0.134. The van der Waals surface area contributed by atoms with Gasteiger partial charge in [-0.15, -0.1) is 0 Å². The number of piperidine rings is 1. The van der Waals surface area contributed by atoms with Gasteiger partial charge in [0.25, 0.3) is 11.8 Å². The van der Waals surface area contributed by atoms with Crippen molar-refractivity contribution >= 4 is 23.4 Å². The summed E-state index contributed by atoms with van der Waals surface area (Å²) in [5.74, 6) is 0.545. The summed E-state index contributed by atoms with van der Waals surface area (Å²) in [5, 5.41) is 3.56. The standard InChI is InChI=1S/C22H25ClN2O3/c1-15-6-7-20(12-16(15)2)28-14-21(26)25-10-8-19(9-11-25)24-22(27)17-4-3-5-18(23)13-17/h3-7,12-13,19H,8-11,14H2,1-2H3,(H,24,27). The van der Waals surface area contributed by atoms with Crippen LogP contribution in [0.1, 0.15) is 34.3 Å². The lowest BCUT2D eigenvalue weighted by molar-refractivity contribution is -0.134. The monoisotopic (exact) mass is 400 g/mol. The Balaban J connectivity index is 1.44. The van der Waals surface area contributed by atoms with Crippen LogP contribution < -0.4 is 10.1 Å². The summed E-state index contributed by atoms with van der Waals surface area (Å²) >= 11 is 5.94. The van der Waals surface area contributed by atoms with Crippen molar-refractivity contribution in [3.63, 3.8) is 0 Å². The second-order valence-electron chi connectivity index (χ2n) is 7.17. The predicted octanol–water partition coefficient (Wildman–Crippen LogP) is 3.76. The lowest BCUT2D eigenvalue weighted by Gasteiger charge is -2.32. The Morgan fingerprint density at radius 2 is 1.86 bits per heavy atom. The molecule has 0 spiro atoms. The molecular formula is C22H25ClN2O3. The molecule has 1 saturated heterocycles. The van der Waals surface area contributed by atoms with E-state index in [9.17, 15) is 9.59 Å². The summed E-state index contributed by atoms with van der Waals surface area (Å²) in [5.41, 5.74) is 2.88. The molecule has 0 aromatic heterocycles. The average molecular weight is 401 g/mol. The van der Waals surface area contributed by atoms with E-state index in [2.05, 4.69) is 5.32 Å². The average Bonchev–Trinajstić information content (AvgIpc) is 2.69. The Morgan fingerprint density at radius 1 is 1.11 bits per heavy atom. The van der Waals surface area contributed by atoms with Crippen LogP contribution in [0.2, 0.25) is 5.02 Å². The van der Waals surface area contributed by atoms with E-state index in [1.807, 2.05) is 32.0 Å². The van der Waals surface area contributed by atoms with E-state index in [4.69, 9.17) is 16.3 Å². The zero-order valence-electron chi connectivity index (χ0n) is 16.2. The number of aryl methyl sites for hydroxylation is 2. The predicted molar refractivity (Wildman–Crippen MR) is 110 cm³/mol. The molecule has 0 aliphatic carbocycles. The van der Waals surface area contributed by atoms with Gasteiger partial charge in [0.2, 0.25) is 0 Å². The van der Waals surface area contributed by atoms with Crippen molar-refractivity contribution in [1.82, 2.24) is 10.2 Å². The first-order valence-corrected chi connectivity index (χ1v) is 9.84. The van der Waals surface area contributed by atoms with E-state index >= 15 is 0 Å². The quantitative estimate of drug-likeness (QED) is 0.831. The van der Waals surface area contributed by atoms with Gasteiger partial charge >= 0.3 is 0 Å². The van der Waals surface area contributed by atoms with Crippen LogP contribution in [0.5, 0.6) is 5.75 Å². The van der Waals surface area contributed by atoms with Crippen molar-refractivity contribution < 1.29 is 14.3 Å². The SMILES string of the molecule is Cc1ccc(OCC(=O)N2CCC(NC(=O)c3cccc(Cl)c3)CC2)cc1C. The van der Waals surface area contributed by atoms with Crippen LogP contribution >= 0.6 is 11.6 Å². The summed E-state index contributed by atoms with van der Waals surface area (Å²) in [6, 6.07) is 12.8. The third-order valence-electron chi connectivity index (χ3n) is 5.11. The first-order chi connectivity index (χ1) is 13.4. The molecule has 6 heteroatoms. The van der Waals surface area contributed by atoms with Crippen LogP contribution in [0.3, 0.4) is 0 Å². The summed E-state index contributed by atoms with van der Waals surface area (Å²) in [4.78, 5) is 26.5. The van der Waals surface area contributed by atoms with Crippen LogP contribution in [0, 0.1) is 13.8 Å². The molecule has 5 nitrogen and oxygen atoms in total. The Kier molecular flexibility index (Phi) is 6.57. The zero-order chi connectivity index (χ0) is 20.1. The van der Waals surface area contributed by atoms with Crippen molar-refractivity contribution in [1.29, 1.82) is 0 Å². The second kappa shape index (κ2) is 9.11. The molecule has 2 amide bonds. The minimum absolute atomic E-state index is 0.0298. The highest BCUT2D eigenvalue weighted by molar-refractivity contribution is 6.30. The van der Waals surface area contributed by atoms with Crippen molar-refractivity contribution in [2.24, 2.45) is 0 Å². The van der Waals surface area contributed by atoms with E-state index in [-0.39, 0.29) is 24.5 Å². The van der Waals surface area contributed by atoms with Crippen LogP contribution in [-0.2, 0) is 4.79 Å². The van der Waals surface area contributed by atoms with E-state index in [0.29, 0.717) is 29.4 Å². The number of carbonyl (C=O) groups is 2. The maximum absolute atomic E-state index is 12.4. The van der Waals surface area contributed by atoms with Gasteiger partial charge in [-0.2, -0.15) is 0 Å². The Hall–Kier alpha value is -2.53. The molecule has 148 valence electrons. The normalized spacial score (nSPS) is 14.6. The fourth-order valence-electron chi connectivity index (χ4n) is 3.21. The molecule has 2 aromatic carbocycles. The summed E-state index contributed by atoms with van der Waals surface area (Å²) in [6.45, 7) is 5.30. The third-order valence-corrected chi connectivity index (χ3v) is 5.35. The summed E-state index contributed by atoms with van der Waals surface area (Å²) in [7, 11) is 0. The van der Waals surface area contributed by atoms with Crippen molar-refractivity contribution in [2.75, 3.05) is 19.7 Å². The van der Waals surface area contributed by atoms with Gasteiger partial charge in [-0.05, 0) is 68.1 Å². The number of amides is 2. The highest BCUT2D eigenvalue weighted by Gasteiger charge is 2.24. The van der Waals surface area contributed by atoms with E-state index in [1.54, 1.807) is 29.2 Å². The number of halogens is 1. The third kappa shape index (κ3) is 5.26. The fraction of sp³-hybridized carbons (Fsp3) is 0.364. The molecule has 1 aliphatic heterocycles. The first kappa shape index (κ1) is 20.2. The Morgan fingerprint density at radius 3 is 2.54 bits per heavy atom. The fourth-order valence-corrected chi connectivity index (χ4v) is 3.40. The molecule has 2 aromatic rings. The van der Waals surface area contributed by atoms with Crippen LogP contribution in [-0.4, -0.2) is 42.5 Å². The van der Waals surface area contributed by atoms with E-state index < -0.39 is 0 Å². The maximum atomic E-state index is 12.4. The molecule has 28 heavy (non-hydrogen) atoms. The number of ether oxygens (including phenoxy) is 1. The molecule has 0 atom stereocenters. The molecule has 1 aliphatic rings. The largest absolute Gasteiger partial charge is 0.484 e. The maximum Gasteiger partial charge on any atom is 0.260 e. The number of nitrogens with one attached hydrogen (secondary N) is 1. The lowest BCUT2D eigenvalue weighted by Crippen LogP contribution is -2.47. The number of benzene rings is 2. The van der Waals surface area contributed by atoms with Gasteiger partial charge in [0.15, 0.2) is 6.61 Å². The summed E-state index contributed by atoms with van der Waals surface area (Å²) < 4.78 is 5.64. The van der Waals surface area contributed by atoms with Gasteiger partial charge in [0, 0.05) is 29.7 Å². The number of hydrogen-bond acceptors (Lipinski definition) is 3. The number of carbonyl (C=O) groups excluding carboxylic acids is 2. The molecular weight excluding hydrogens is 376 g/mol. The van der Waals surface area contributed by atoms with Crippen LogP contribution in [0.4, 0.5) is 0 Å². The van der Waals surface area contributed by atoms with Crippen molar-refractivity contribution in [3.05, 3.63) is 64.2 Å². The van der Waals surface area contributed by atoms with Crippen molar-refractivity contribution in [2.45, 2.75) is 32.7 Å². The molecule has 1 fully saturated rings. The van der Waals surface area contributed by atoms with E-state index in [0.717, 1.165) is 18.4 Å². The first-order valence-electron chi connectivity index (χ1n) is 9.46. The van der Waals surface area contributed by atoms with Gasteiger partial charge in [-0.25, -0.2) is 0 Å². The number of nitrogens with zero attached hydrogens (tertiary/aromatic N) is 1. The topological polar surface area (TPSA) is 58.6 Å². The molecule has 0 saturated carbocycles.